The number of halogens is 3. The highest BCUT2D eigenvalue weighted by Crippen LogP contribution is 2.38. The van der Waals surface area contributed by atoms with Crippen LogP contribution in [-0.2, 0) is 12.7 Å². The Balaban J connectivity index is 1.31. The zero-order chi connectivity index (χ0) is 25.6. The van der Waals surface area contributed by atoms with Gasteiger partial charge >= 0.3 is 6.18 Å². The summed E-state index contributed by atoms with van der Waals surface area (Å²) in [6.07, 6.45) is 3.69. The van der Waals surface area contributed by atoms with E-state index in [4.69, 9.17) is 9.97 Å². The molecule has 0 spiro atoms. The zero-order valence-electron chi connectivity index (χ0n) is 20.2. The number of aromatic nitrogens is 4. The minimum absolute atomic E-state index is 0.325. The van der Waals surface area contributed by atoms with Crippen LogP contribution in [0.1, 0.15) is 23.2 Å². The van der Waals surface area contributed by atoms with Gasteiger partial charge in [-0.3, -0.25) is 19.9 Å². The van der Waals surface area contributed by atoms with Crippen LogP contribution in [0.2, 0.25) is 0 Å². The first-order valence-corrected chi connectivity index (χ1v) is 12.2. The summed E-state index contributed by atoms with van der Waals surface area (Å²) in [5, 5.41) is 0. The van der Waals surface area contributed by atoms with Crippen molar-refractivity contribution in [1.29, 1.82) is 0 Å². The third-order valence-electron chi connectivity index (χ3n) is 7.26. The maximum Gasteiger partial charge on any atom is 0.416 e. The molecule has 0 N–H and O–H groups in total. The van der Waals surface area contributed by atoms with Crippen LogP contribution in [-0.4, -0.2) is 50.0 Å². The second-order valence-electron chi connectivity index (χ2n) is 9.64. The lowest BCUT2D eigenvalue weighted by Gasteiger charge is -2.34. The monoisotopic (exact) mass is 502 g/mol. The van der Waals surface area contributed by atoms with Crippen LogP contribution < -0.4 is 4.90 Å². The van der Waals surface area contributed by atoms with Crippen molar-refractivity contribution >= 4 is 5.82 Å². The fourth-order valence-corrected chi connectivity index (χ4v) is 5.40. The Morgan fingerprint density at radius 1 is 0.892 bits per heavy atom. The minimum Gasteiger partial charge on any atom is -0.349 e. The van der Waals surface area contributed by atoms with Crippen LogP contribution in [0.15, 0.2) is 73.3 Å². The average molecular weight is 503 g/mol. The molecule has 5 heterocycles. The molecule has 6 nitrogen and oxygen atoms in total. The molecule has 9 heteroatoms. The summed E-state index contributed by atoms with van der Waals surface area (Å²) in [6, 6.07) is 13.7. The molecule has 6 rings (SSSR count). The summed E-state index contributed by atoms with van der Waals surface area (Å²) < 4.78 is 39.4. The molecule has 0 radical (unpaired) electrons. The molecule has 2 unspecified atom stereocenters. The predicted molar refractivity (Wildman–Crippen MR) is 135 cm³/mol. The number of pyridine rings is 2. The van der Waals surface area contributed by atoms with Gasteiger partial charge in [-0.25, -0.2) is 4.98 Å². The first-order chi connectivity index (χ1) is 17.9. The molecule has 188 valence electrons. The number of alkyl halides is 3. The highest BCUT2D eigenvalue weighted by atomic mass is 19.4. The molecule has 3 aromatic heterocycles. The molecule has 0 saturated carbocycles. The molecule has 1 aromatic carbocycles. The summed E-state index contributed by atoms with van der Waals surface area (Å²) in [5.41, 5.74) is 3.94. The largest absolute Gasteiger partial charge is 0.416 e. The van der Waals surface area contributed by atoms with Crippen LogP contribution in [0.5, 0.6) is 0 Å². The number of aryl methyl sites for hydroxylation is 1. The Morgan fingerprint density at radius 3 is 2.41 bits per heavy atom. The van der Waals surface area contributed by atoms with Crippen molar-refractivity contribution < 1.29 is 13.2 Å². The van der Waals surface area contributed by atoms with E-state index in [1.165, 1.54) is 12.1 Å². The predicted octanol–water partition coefficient (Wildman–Crippen LogP) is 5.39. The Hall–Kier alpha value is -3.85. The number of nitrogens with zero attached hydrogens (tertiary/aromatic N) is 6. The molecule has 0 amide bonds. The normalized spacial score (nSPS) is 19.5. The Bertz CT molecular complexity index is 1410. The van der Waals surface area contributed by atoms with E-state index in [1.807, 2.05) is 31.3 Å². The number of anilines is 1. The molecular weight excluding hydrogens is 477 g/mol. The number of fused-ring (bicyclic) bond motifs is 2. The van der Waals surface area contributed by atoms with Gasteiger partial charge in [-0.15, -0.1) is 0 Å². The summed E-state index contributed by atoms with van der Waals surface area (Å²) in [4.78, 5) is 23.2. The van der Waals surface area contributed by atoms with Gasteiger partial charge in [0.15, 0.2) is 0 Å². The van der Waals surface area contributed by atoms with Crippen LogP contribution in [0.3, 0.4) is 0 Å². The SMILES string of the molecule is Cc1cnccc1-c1nc(N2CC3CC2CN3Cc2ccccn2)cnc1-c1ccc(C(F)(F)F)cc1. The van der Waals surface area contributed by atoms with Crippen molar-refractivity contribution in [3.63, 3.8) is 0 Å². The standard InChI is InChI=1S/C28H25F3N6/c1-18-13-32-11-9-24(18)27-26(19-5-7-20(8-6-19)28(29,30)31)34-14-25(35-27)37-17-22-12-23(37)16-36(22)15-21-4-2-3-10-33-21/h2-11,13-14,22-23H,12,15-17H2,1H3. The van der Waals surface area contributed by atoms with E-state index in [1.54, 1.807) is 18.6 Å². The molecule has 37 heavy (non-hydrogen) atoms. The van der Waals surface area contributed by atoms with Crippen molar-refractivity contribution in [2.45, 2.75) is 38.1 Å². The number of rotatable bonds is 5. The zero-order valence-corrected chi connectivity index (χ0v) is 20.2. The van der Waals surface area contributed by atoms with Gasteiger partial charge < -0.3 is 4.90 Å². The number of hydrogen-bond donors (Lipinski definition) is 0. The van der Waals surface area contributed by atoms with E-state index in [2.05, 4.69) is 25.8 Å². The van der Waals surface area contributed by atoms with Gasteiger partial charge in [0.05, 0.1) is 28.8 Å². The van der Waals surface area contributed by atoms with Gasteiger partial charge in [0, 0.05) is 61.4 Å². The molecular formula is C28H25F3N6. The Kier molecular flexibility index (Phi) is 5.87. The fraction of sp³-hybridized carbons (Fsp3) is 0.286. The third kappa shape index (κ3) is 4.55. The summed E-state index contributed by atoms with van der Waals surface area (Å²) >= 11 is 0. The van der Waals surface area contributed by atoms with Crippen molar-refractivity contribution in [1.82, 2.24) is 24.8 Å². The molecule has 4 aromatic rings. The van der Waals surface area contributed by atoms with Crippen molar-refractivity contribution in [3.05, 3.63) is 90.1 Å². The molecule has 2 atom stereocenters. The smallest absolute Gasteiger partial charge is 0.349 e. The van der Waals surface area contributed by atoms with Crippen LogP contribution in [0.4, 0.5) is 19.0 Å². The first-order valence-electron chi connectivity index (χ1n) is 12.2. The van der Waals surface area contributed by atoms with Crippen LogP contribution in [0, 0.1) is 6.92 Å². The van der Waals surface area contributed by atoms with Gasteiger partial charge in [0.1, 0.15) is 5.82 Å². The van der Waals surface area contributed by atoms with Crippen LogP contribution >= 0.6 is 0 Å². The molecule has 0 aliphatic carbocycles. The number of piperazine rings is 1. The van der Waals surface area contributed by atoms with E-state index >= 15 is 0 Å². The highest BCUT2D eigenvalue weighted by Gasteiger charge is 2.44. The Morgan fingerprint density at radius 2 is 1.73 bits per heavy atom. The summed E-state index contributed by atoms with van der Waals surface area (Å²) in [5.74, 6) is 0.784. The van der Waals surface area contributed by atoms with Crippen molar-refractivity contribution in [3.8, 4) is 22.5 Å². The van der Waals surface area contributed by atoms with Gasteiger partial charge in [-0.05, 0) is 49.2 Å². The van der Waals surface area contributed by atoms with E-state index in [0.29, 0.717) is 29.0 Å². The van der Waals surface area contributed by atoms with E-state index in [0.717, 1.165) is 60.8 Å². The maximum atomic E-state index is 13.1. The average Bonchev–Trinajstić information content (AvgIpc) is 3.50. The van der Waals surface area contributed by atoms with E-state index in [-0.39, 0.29) is 0 Å². The molecule has 2 aliphatic heterocycles. The van der Waals surface area contributed by atoms with Gasteiger partial charge in [0.25, 0.3) is 0 Å². The Labute approximate surface area is 212 Å². The molecule has 2 fully saturated rings. The van der Waals surface area contributed by atoms with Crippen molar-refractivity contribution in [2.24, 2.45) is 0 Å². The topological polar surface area (TPSA) is 58.0 Å². The lowest BCUT2D eigenvalue weighted by Crippen LogP contribution is -2.46. The molecule has 2 saturated heterocycles. The van der Waals surface area contributed by atoms with Gasteiger partial charge in [0.2, 0.25) is 0 Å². The molecule has 2 aliphatic rings. The van der Waals surface area contributed by atoms with Crippen LogP contribution in [0.25, 0.3) is 22.5 Å². The van der Waals surface area contributed by atoms with Gasteiger partial charge in [-0.1, -0.05) is 18.2 Å². The number of benzene rings is 1. The maximum absolute atomic E-state index is 13.1. The third-order valence-corrected chi connectivity index (χ3v) is 7.26. The van der Waals surface area contributed by atoms with Crippen molar-refractivity contribution in [2.75, 3.05) is 18.0 Å². The van der Waals surface area contributed by atoms with Gasteiger partial charge in [-0.2, -0.15) is 13.2 Å². The number of likely N-dealkylation sites (tertiary alicyclic amines) is 1. The lowest BCUT2D eigenvalue weighted by molar-refractivity contribution is -0.137. The fourth-order valence-electron chi connectivity index (χ4n) is 5.40. The quantitative estimate of drug-likeness (QED) is 0.365. The lowest BCUT2D eigenvalue weighted by atomic mass is 10.0. The first kappa shape index (κ1) is 23.5. The molecule has 2 bridgehead atoms. The second kappa shape index (κ2) is 9.23. The summed E-state index contributed by atoms with van der Waals surface area (Å²) in [7, 11) is 0. The summed E-state index contributed by atoms with van der Waals surface area (Å²) in [6.45, 7) is 4.55. The number of hydrogen-bond acceptors (Lipinski definition) is 6. The highest BCUT2D eigenvalue weighted by molar-refractivity contribution is 5.80. The van der Waals surface area contributed by atoms with E-state index < -0.39 is 11.7 Å². The minimum atomic E-state index is -4.39. The second-order valence-corrected chi connectivity index (χ2v) is 9.64. The van der Waals surface area contributed by atoms with E-state index in [9.17, 15) is 13.2 Å².